The first-order valence-electron chi connectivity index (χ1n) is 6.56. The maximum absolute atomic E-state index is 12.0. The summed E-state index contributed by atoms with van der Waals surface area (Å²) >= 11 is 0. The molecule has 94 valence electrons. The average Bonchev–Trinajstić information content (AvgIpc) is 2.26. The third kappa shape index (κ3) is 4.52. The average molecular weight is 226 g/mol. The van der Waals surface area contributed by atoms with Gasteiger partial charge in [-0.2, -0.15) is 0 Å². The summed E-state index contributed by atoms with van der Waals surface area (Å²) in [5.74, 6) is 1.09. The first-order valence-corrected chi connectivity index (χ1v) is 6.56. The minimum absolute atomic E-state index is 0.342. The van der Waals surface area contributed by atoms with E-state index in [1.54, 1.807) is 0 Å². The Balaban J connectivity index is 2.32. The van der Waals surface area contributed by atoms with Crippen molar-refractivity contribution in [3.63, 3.8) is 0 Å². The fourth-order valence-electron chi connectivity index (χ4n) is 2.41. The van der Waals surface area contributed by atoms with Crippen LogP contribution in [0.25, 0.3) is 0 Å². The number of hydrogen-bond donors (Lipinski definition) is 0. The summed E-state index contributed by atoms with van der Waals surface area (Å²) in [5.41, 5.74) is 0. The first-order chi connectivity index (χ1) is 7.63. The van der Waals surface area contributed by atoms with Crippen LogP contribution >= 0.6 is 0 Å². The van der Waals surface area contributed by atoms with Gasteiger partial charge in [-0.25, -0.2) is 0 Å². The Kier molecular flexibility index (Phi) is 5.81. The van der Waals surface area contributed by atoms with E-state index in [2.05, 4.69) is 16.7 Å². The molecule has 1 atom stereocenters. The van der Waals surface area contributed by atoms with Crippen molar-refractivity contribution < 1.29 is 4.79 Å². The predicted molar refractivity (Wildman–Crippen MR) is 67.4 cm³/mol. The van der Waals surface area contributed by atoms with E-state index in [1.807, 2.05) is 14.1 Å². The number of carbonyl (C=O) groups excluding carboxylic acids is 1. The fraction of sp³-hybridized carbons (Fsp3) is 0.923. The molecular weight excluding hydrogens is 200 g/mol. The summed E-state index contributed by atoms with van der Waals surface area (Å²) in [5, 5.41) is 0. The fourth-order valence-corrected chi connectivity index (χ4v) is 2.41. The summed E-state index contributed by atoms with van der Waals surface area (Å²) in [6.07, 6.45) is 5.69. The highest BCUT2D eigenvalue weighted by Crippen LogP contribution is 2.21. The number of hydrogen-bond acceptors (Lipinski definition) is 2. The highest BCUT2D eigenvalue weighted by molar-refractivity contribution is 5.76. The van der Waals surface area contributed by atoms with Crippen LogP contribution in [0.3, 0.4) is 0 Å². The predicted octanol–water partition coefficient (Wildman–Crippen LogP) is 1.98. The summed E-state index contributed by atoms with van der Waals surface area (Å²) in [7, 11) is 4.03. The van der Waals surface area contributed by atoms with Gasteiger partial charge in [-0.15, -0.1) is 0 Å². The van der Waals surface area contributed by atoms with Crippen molar-refractivity contribution in [2.45, 2.75) is 39.0 Å². The molecule has 1 rings (SSSR count). The van der Waals surface area contributed by atoms with Gasteiger partial charge in [0.25, 0.3) is 0 Å². The summed E-state index contributed by atoms with van der Waals surface area (Å²) in [4.78, 5) is 16.1. The van der Waals surface area contributed by atoms with Crippen LogP contribution in [0.15, 0.2) is 0 Å². The highest BCUT2D eigenvalue weighted by Gasteiger charge is 2.22. The van der Waals surface area contributed by atoms with Crippen LogP contribution in [0.2, 0.25) is 0 Å². The molecule has 1 unspecified atom stereocenters. The van der Waals surface area contributed by atoms with Crippen molar-refractivity contribution in [1.29, 1.82) is 0 Å². The molecular formula is C13H26N2O. The zero-order chi connectivity index (χ0) is 12.0. The third-order valence-corrected chi connectivity index (χ3v) is 3.34. The molecule has 1 saturated heterocycles. The van der Waals surface area contributed by atoms with Crippen LogP contribution < -0.4 is 0 Å². The molecule has 1 heterocycles. The number of rotatable bonds is 5. The minimum Gasteiger partial charge on any atom is -0.342 e. The van der Waals surface area contributed by atoms with E-state index in [4.69, 9.17) is 0 Å². The largest absolute Gasteiger partial charge is 0.342 e. The second-order valence-corrected chi connectivity index (χ2v) is 5.19. The number of likely N-dealkylation sites (tertiary alicyclic amines) is 1. The zero-order valence-corrected chi connectivity index (χ0v) is 11.0. The lowest BCUT2D eigenvalue weighted by Gasteiger charge is -2.33. The number of carbonyl (C=O) groups is 1. The van der Waals surface area contributed by atoms with Crippen molar-refractivity contribution in [3.8, 4) is 0 Å². The quantitative estimate of drug-likeness (QED) is 0.715. The molecule has 16 heavy (non-hydrogen) atoms. The molecule has 0 spiro atoms. The molecule has 1 fully saturated rings. The van der Waals surface area contributed by atoms with E-state index in [1.165, 1.54) is 25.7 Å². The van der Waals surface area contributed by atoms with Gasteiger partial charge in [0.2, 0.25) is 5.91 Å². The lowest BCUT2D eigenvalue weighted by molar-refractivity contribution is -0.133. The summed E-state index contributed by atoms with van der Waals surface area (Å²) < 4.78 is 0. The smallest absolute Gasteiger partial charge is 0.223 e. The Morgan fingerprint density at radius 3 is 2.81 bits per heavy atom. The van der Waals surface area contributed by atoms with E-state index in [9.17, 15) is 4.79 Å². The Morgan fingerprint density at radius 2 is 2.19 bits per heavy atom. The molecule has 0 N–H and O–H groups in total. The highest BCUT2D eigenvalue weighted by atomic mass is 16.2. The number of nitrogens with zero attached hydrogens (tertiary/aromatic N) is 2. The van der Waals surface area contributed by atoms with E-state index in [0.29, 0.717) is 12.3 Å². The molecule has 0 saturated carbocycles. The van der Waals surface area contributed by atoms with Gasteiger partial charge in [0.1, 0.15) is 0 Å². The first kappa shape index (κ1) is 13.5. The van der Waals surface area contributed by atoms with Gasteiger partial charge < -0.3 is 9.80 Å². The molecule has 0 aromatic heterocycles. The molecule has 1 aliphatic rings. The standard InChI is InChI=1S/C13H26N2O/c1-4-6-12-7-5-9-15(11-12)13(16)8-10-14(2)3/h12H,4-11H2,1-3H3. The molecule has 0 aromatic carbocycles. The third-order valence-electron chi connectivity index (χ3n) is 3.34. The second kappa shape index (κ2) is 6.89. The van der Waals surface area contributed by atoms with Gasteiger partial charge >= 0.3 is 0 Å². The van der Waals surface area contributed by atoms with Gasteiger partial charge in [0.15, 0.2) is 0 Å². The number of piperidine rings is 1. The molecule has 0 radical (unpaired) electrons. The topological polar surface area (TPSA) is 23.6 Å². The van der Waals surface area contributed by atoms with Gasteiger partial charge in [-0.1, -0.05) is 13.3 Å². The second-order valence-electron chi connectivity index (χ2n) is 5.19. The zero-order valence-electron chi connectivity index (χ0n) is 11.0. The van der Waals surface area contributed by atoms with Crippen LogP contribution in [0.5, 0.6) is 0 Å². The Hall–Kier alpha value is -0.570. The van der Waals surface area contributed by atoms with Crippen LogP contribution in [0.1, 0.15) is 39.0 Å². The summed E-state index contributed by atoms with van der Waals surface area (Å²) in [6.45, 7) is 5.08. The summed E-state index contributed by atoms with van der Waals surface area (Å²) in [6, 6.07) is 0. The van der Waals surface area contributed by atoms with Crippen molar-refractivity contribution in [3.05, 3.63) is 0 Å². The lowest BCUT2D eigenvalue weighted by atomic mass is 9.93. The molecule has 1 aliphatic heterocycles. The van der Waals surface area contributed by atoms with Crippen LogP contribution in [-0.2, 0) is 4.79 Å². The van der Waals surface area contributed by atoms with Crippen molar-refractivity contribution in [2.75, 3.05) is 33.7 Å². The Labute approximate surface area is 99.8 Å². The van der Waals surface area contributed by atoms with Crippen molar-refractivity contribution >= 4 is 5.91 Å². The lowest BCUT2D eigenvalue weighted by Crippen LogP contribution is -2.40. The Morgan fingerprint density at radius 1 is 1.44 bits per heavy atom. The maximum atomic E-state index is 12.0. The monoisotopic (exact) mass is 226 g/mol. The van der Waals surface area contributed by atoms with Crippen molar-refractivity contribution in [2.24, 2.45) is 5.92 Å². The van der Waals surface area contributed by atoms with Crippen LogP contribution in [-0.4, -0.2) is 49.4 Å². The van der Waals surface area contributed by atoms with E-state index in [0.717, 1.165) is 25.6 Å². The molecule has 1 amide bonds. The molecule has 3 heteroatoms. The normalized spacial score (nSPS) is 21.5. The molecule has 0 bridgehead atoms. The van der Waals surface area contributed by atoms with E-state index < -0.39 is 0 Å². The maximum Gasteiger partial charge on any atom is 0.223 e. The molecule has 3 nitrogen and oxygen atoms in total. The minimum atomic E-state index is 0.342. The van der Waals surface area contributed by atoms with Gasteiger partial charge in [-0.3, -0.25) is 4.79 Å². The Bertz CT molecular complexity index is 214. The van der Waals surface area contributed by atoms with Gasteiger partial charge in [0, 0.05) is 26.1 Å². The molecule has 0 aromatic rings. The van der Waals surface area contributed by atoms with Crippen molar-refractivity contribution in [1.82, 2.24) is 9.80 Å². The molecule has 0 aliphatic carbocycles. The number of amides is 1. The SMILES string of the molecule is CCCC1CCCN(C(=O)CCN(C)C)C1. The van der Waals surface area contributed by atoms with E-state index >= 15 is 0 Å². The van der Waals surface area contributed by atoms with Crippen LogP contribution in [0.4, 0.5) is 0 Å². The van der Waals surface area contributed by atoms with Gasteiger partial charge in [-0.05, 0) is 39.3 Å². The van der Waals surface area contributed by atoms with Crippen LogP contribution in [0, 0.1) is 5.92 Å². The van der Waals surface area contributed by atoms with E-state index in [-0.39, 0.29) is 0 Å². The van der Waals surface area contributed by atoms with Gasteiger partial charge in [0.05, 0.1) is 0 Å².